The van der Waals surface area contributed by atoms with Gasteiger partial charge < -0.3 is 10.3 Å². The van der Waals surface area contributed by atoms with Crippen LogP contribution in [0.1, 0.15) is 24.9 Å². The molecule has 0 unspecified atom stereocenters. The van der Waals surface area contributed by atoms with Crippen molar-refractivity contribution in [2.45, 2.75) is 32.7 Å². The number of aryl methyl sites for hydroxylation is 3. The molecule has 0 saturated heterocycles. The summed E-state index contributed by atoms with van der Waals surface area (Å²) in [5.74, 6) is 1.09. The van der Waals surface area contributed by atoms with Crippen molar-refractivity contribution < 1.29 is 0 Å². The van der Waals surface area contributed by atoms with E-state index in [9.17, 15) is 0 Å². The number of benzene rings is 1. The second kappa shape index (κ2) is 6.03. The molecule has 0 fully saturated rings. The van der Waals surface area contributed by atoms with Gasteiger partial charge in [0.15, 0.2) is 5.13 Å². The van der Waals surface area contributed by atoms with Crippen molar-refractivity contribution >= 4 is 39.1 Å². The molecule has 0 amide bonds. The van der Waals surface area contributed by atoms with Gasteiger partial charge in [-0.05, 0) is 31.9 Å². The Morgan fingerprint density at radius 1 is 1.29 bits per heavy atom. The maximum Gasteiger partial charge on any atom is 0.180 e. The minimum absolute atomic E-state index is 0.637. The maximum absolute atomic E-state index is 6.30. The minimum atomic E-state index is 0.637. The lowest BCUT2D eigenvalue weighted by atomic mass is 10.2. The van der Waals surface area contributed by atoms with E-state index in [4.69, 9.17) is 22.3 Å². The Hall–Kier alpha value is -1.59. The van der Waals surface area contributed by atoms with E-state index < -0.39 is 0 Å². The Morgan fingerprint density at radius 2 is 2.14 bits per heavy atom. The molecule has 2 N–H and O–H groups in total. The van der Waals surface area contributed by atoms with Crippen LogP contribution in [0.3, 0.4) is 0 Å². The normalized spacial score (nSPS) is 11.3. The van der Waals surface area contributed by atoms with Gasteiger partial charge in [0.2, 0.25) is 0 Å². The molecule has 0 aliphatic carbocycles. The van der Waals surface area contributed by atoms with E-state index in [0.29, 0.717) is 5.13 Å². The minimum Gasteiger partial charge on any atom is -0.375 e. The fourth-order valence-electron chi connectivity index (χ4n) is 2.59. The van der Waals surface area contributed by atoms with Gasteiger partial charge in [0, 0.05) is 18.3 Å². The second-order valence-electron chi connectivity index (χ2n) is 4.91. The molecular weight excluding hydrogens is 304 g/mol. The lowest BCUT2D eigenvalue weighted by Gasteiger charge is -2.06. The van der Waals surface area contributed by atoms with Gasteiger partial charge in [-0.2, -0.15) is 0 Å². The first kappa shape index (κ1) is 14.4. The van der Waals surface area contributed by atoms with E-state index in [0.717, 1.165) is 53.4 Å². The number of anilines is 1. The predicted octanol–water partition coefficient (Wildman–Crippen LogP) is 3.92. The Bertz CT molecular complexity index is 762. The van der Waals surface area contributed by atoms with E-state index in [1.807, 2.05) is 23.6 Å². The maximum atomic E-state index is 6.30. The summed E-state index contributed by atoms with van der Waals surface area (Å²) in [6, 6.07) is 5.87. The van der Waals surface area contributed by atoms with E-state index in [2.05, 4.69) is 16.5 Å². The highest BCUT2D eigenvalue weighted by molar-refractivity contribution is 7.13. The fourth-order valence-corrected chi connectivity index (χ4v) is 3.46. The largest absolute Gasteiger partial charge is 0.375 e. The third kappa shape index (κ3) is 2.89. The molecule has 0 aliphatic rings. The Balaban J connectivity index is 1.79. The standard InChI is InChI=1S/C15H17ClN4S/c1-2-20-13(8-3-5-10-9-21-15(17)18-10)19-12-7-4-6-11(16)14(12)20/h4,6-7,9H,2-3,5,8H2,1H3,(H2,17,18). The van der Waals surface area contributed by atoms with Crippen LogP contribution in [0, 0.1) is 0 Å². The van der Waals surface area contributed by atoms with Crippen LogP contribution in [-0.4, -0.2) is 14.5 Å². The van der Waals surface area contributed by atoms with Crippen molar-refractivity contribution in [3.63, 3.8) is 0 Å². The summed E-state index contributed by atoms with van der Waals surface area (Å²) in [4.78, 5) is 9.01. The van der Waals surface area contributed by atoms with Gasteiger partial charge in [0.1, 0.15) is 5.82 Å². The van der Waals surface area contributed by atoms with Crippen LogP contribution in [0.25, 0.3) is 11.0 Å². The molecule has 0 aliphatic heterocycles. The van der Waals surface area contributed by atoms with Gasteiger partial charge in [-0.25, -0.2) is 9.97 Å². The zero-order chi connectivity index (χ0) is 14.8. The van der Waals surface area contributed by atoms with Crippen LogP contribution in [0.15, 0.2) is 23.6 Å². The first-order chi connectivity index (χ1) is 10.2. The number of hydrogen-bond acceptors (Lipinski definition) is 4. The number of nitrogens with two attached hydrogens (primary N) is 1. The molecule has 0 radical (unpaired) electrons. The Morgan fingerprint density at radius 3 is 2.86 bits per heavy atom. The third-order valence-electron chi connectivity index (χ3n) is 3.52. The number of fused-ring (bicyclic) bond motifs is 1. The highest BCUT2D eigenvalue weighted by atomic mass is 35.5. The summed E-state index contributed by atoms with van der Waals surface area (Å²) in [7, 11) is 0. The number of nitrogens with zero attached hydrogens (tertiary/aromatic N) is 3. The van der Waals surface area contributed by atoms with Gasteiger partial charge in [0.25, 0.3) is 0 Å². The number of rotatable bonds is 5. The molecule has 2 heterocycles. The Kier molecular flexibility index (Phi) is 4.12. The lowest BCUT2D eigenvalue weighted by molar-refractivity contribution is 0.679. The SMILES string of the molecule is CCn1c(CCCc2csc(N)n2)nc2cccc(Cl)c21. The Labute approximate surface area is 132 Å². The topological polar surface area (TPSA) is 56.7 Å². The van der Waals surface area contributed by atoms with Crippen molar-refractivity contribution in [2.24, 2.45) is 0 Å². The molecule has 3 aromatic rings. The molecule has 110 valence electrons. The first-order valence-electron chi connectivity index (χ1n) is 7.02. The molecule has 6 heteroatoms. The zero-order valence-electron chi connectivity index (χ0n) is 11.8. The highest BCUT2D eigenvalue weighted by Crippen LogP contribution is 2.25. The summed E-state index contributed by atoms with van der Waals surface area (Å²) in [6.07, 6.45) is 2.84. The number of para-hydroxylation sites is 1. The van der Waals surface area contributed by atoms with E-state index in [1.54, 1.807) is 0 Å². The van der Waals surface area contributed by atoms with Crippen molar-refractivity contribution in [3.8, 4) is 0 Å². The molecular formula is C15H17ClN4S. The molecule has 0 spiro atoms. The number of hydrogen-bond donors (Lipinski definition) is 1. The smallest absolute Gasteiger partial charge is 0.180 e. The summed E-state index contributed by atoms with van der Waals surface area (Å²) in [5.41, 5.74) is 8.72. The highest BCUT2D eigenvalue weighted by Gasteiger charge is 2.12. The molecule has 0 atom stereocenters. The van der Waals surface area contributed by atoms with Crippen molar-refractivity contribution in [1.82, 2.24) is 14.5 Å². The quantitative estimate of drug-likeness (QED) is 0.775. The van der Waals surface area contributed by atoms with Crippen LogP contribution in [-0.2, 0) is 19.4 Å². The summed E-state index contributed by atoms with van der Waals surface area (Å²) < 4.78 is 2.20. The first-order valence-corrected chi connectivity index (χ1v) is 8.28. The lowest BCUT2D eigenvalue weighted by Crippen LogP contribution is -2.03. The molecule has 3 rings (SSSR count). The van der Waals surface area contributed by atoms with E-state index >= 15 is 0 Å². The third-order valence-corrected chi connectivity index (χ3v) is 4.54. The zero-order valence-corrected chi connectivity index (χ0v) is 13.4. The summed E-state index contributed by atoms with van der Waals surface area (Å²) in [6.45, 7) is 2.99. The predicted molar refractivity (Wildman–Crippen MR) is 89.0 cm³/mol. The molecule has 21 heavy (non-hydrogen) atoms. The average Bonchev–Trinajstić information content (AvgIpc) is 3.03. The van der Waals surface area contributed by atoms with E-state index in [-0.39, 0.29) is 0 Å². The molecule has 4 nitrogen and oxygen atoms in total. The molecule has 1 aromatic carbocycles. The number of nitrogen functional groups attached to an aromatic ring is 1. The summed E-state index contributed by atoms with van der Waals surface area (Å²) >= 11 is 7.80. The van der Waals surface area contributed by atoms with Crippen LogP contribution >= 0.6 is 22.9 Å². The van der Waals surface area contributed by atoms with Crippen molar-refractivity contribution in [1.29, 1.82) is 0 Å². The number of halogens is 1. The van der Waals surface area contributed by atoms with Gasteiger partial charge in [-0.1, -0.05) is 17.7 Å². The number of imidazole rings is 1. The van der Waals surface area contributed by atoms with Crippen LogP contribution in [0.5, 0.6) is 0 Å². The van der Waals surface area contributed by atoms with Gasteiger partial charge in [-0.3, -0.25) is 0 Å². The number of thiazole rings is 1. The number of aromatic nitrogens is 3. The van der Waals surface area contributed by atoms with Gasteiger partial charge >= 0.3 is 0 Å². The monoisotopic (exact) mass is 320 g/mol. The average molecular weight is 321 g/mol. The van der Waals surface area contributed by atoms with Crippen LogP contribution in [0.2, 0.25) is 5.02 Å². The molecule has 0 saturated carbocycles. The van der Waals surface area contributed by atoms with E-state index in [1.165, 1.54) is 11.3 Å². The fraction of sp³-hybridized carbons (Fsp3) is 0.333. The van der Waals surface area contributed by atoms with Gasteiger partial charge in [-0.15, -0.1) is 11.3 Å². The second-order valence-corrected chi connectivity index (χ2v) is 6.21. The van der Waals surface area contributed by atoms with Gasteiger partial charge in [0.05, 0.1) is 21.7 Å². The van der Waals surface area contributed by atoms with Crippen molar-refractivity contribution in [2.75, 3.05) is 5.73 Å². The van der Waals surface area contributed by atoms with Crippen LogP contribution in [0.4, 0.5) is 5.13 Å². The van der Waals surface area contributed by atoms with Crippen molar-refractivity contribution in [3.05, 3.63) is 40.1 Å². The molecule has 0 bridgehead atoms. The van der Waals surface area contributed by atoms with Crippen LogP contribution < -0.4 is 5.73 Å². The summed E-state index contributed by atoms with van der Waals surface area (Å²) in [5, 5.41) is 3.42. The molecule has 2 aromatic heterocycles.